The van der Waals surface area contributed by atoms with Gasteiger partial charge in [-0.15, -0.1) is 0 Å². The number of aromatic nitrogens is 2. The Morgan fingerprint density at radius 1 is 1.30 bits per heavy atom. The SMILES string of the molecule is O=C(N[C@@H](COP(=O)(O)O)Cc1cccc(F)c1)c1ccc2nc[nH]c2c1. The lowest BCUT2D eigenvalue weighted by atomic mass is 10.1. The van der Waals surface area contributed by atoms with Crippen LogP contribution in [0.15, 0.2) is 48.8 Å². The maximum Gasteiger partial charge on any atom is 0.469 e. The third-order valence-electron chi connectivity index (χ3n) is 3.83. The smallest absolute Gasteiger partial charge is 0.347 e. The molecule has 8 nitrogen and oxygen atoms in total. The molecule has 1 aromatic heterocycles. The number of nitrogens with zero attached hydrogens (tertiary/aromatic N) is 1. The molecule has 0 saturated heterocycles. The van der Waals surface area contributed by atoms with Gasteiger partial charge in [-0.1, -0.05) is 12.1 Å². The molecule has 1 atom stereocenters. The molecule has 0 unspecified atom stereocenters. The van der Waals surface area contributed by atoms with Gasteiger partial charge in [-0.05, 0) is 42.3 Å². The molecule has 3 rings (SSSR count). The number of hydrogen-bond donors (Lipinski definition) is 4. The van der Waals surface area contributed by atoms with Crippen LogP contribution in [0.2, 0.25) is 0 Å². The van der Waals surface area contributed by atoms with Crippen molar-refractivity contribution in [2.24, 2.45) is 0 Å². The van der Waals surface area contributed by atoms with E-state index in [-0.39, 0.29) is 6.42 Å². The molecule has 0 saturated carbocycles. The summed E-state index contributed by atoms with van der Waals surface area (Å²) in [5, 5.41) is 2.67. The van der Waals surface area contributed by atoms with Crippen LogP contribution in [0.5, 0.6) is 0 Å². The van der Waals surface area contributed by atoms with E-state index >= 15 is 0 Å². The molecule has 0 aliphatic rings. The fraction of sp³-hybridized carbons (Fsp3) is 0.176. The van der Waals surface area contributed by atoms with Gasteiger partial charge in [-0.3, -0.25) is 9.32 Å². The number of H-pyrrole nitrogens is 1. The van der Waals surface area contributed by atoms with Gasteiger partial charge in [0, 0.05) is 5.56 Å². The second-order valence-electron chi connectivity index (χ2n) is 5.93. The molecule has 0 bridgehead atoms. The Hall–Kier alpha value is -2.58. The Kier molecular flexibility index (Phi) is 5.67. The molecule has 2 aromatic carbocycles. The van der Waals surface area contributed by atoms with Crippen LogP contribution in [0.1, 0.15) is 15.9 Å². The number of amides is 1. The second kappa shape index (κ2) is 7.98. The fourth-order valence-electron chi connectivity index (χ4n) is 2.63. The lowest BCUT2D eigenvalue weighted by molar-refractivity contribution is 0.0909. The molecule has 142 valence electrons. The Morgan fingerprint density at radius 2 is 2.11 bits per heavy atom. The third-order valence-corrected chi connectivity index (χ3v) is 4.32. The Labute approximate surface area is 153 Å². The van der Waals surface area contributed by atoms with Gasteiger partial charge in [0.05, 0.1) is 30.0 Å². The van der Waals surface area contributed by atoms with Gasteiger partial charge >= 0.3 is 7.82 Å². The quantitative estimate of drug-likeness (QED) is 0.456. The van der Waals surface area contributed by atoms with Gasteiger partial charge in [0.15, 0.2) is 0 Å². The molecule has 0 fully saturated rings. The highest BCUT2D eigenvalue weighted by Crippen LogP contribution is 2.35. The van der Waals surface area contributed by atoms with E-state index in [4.69, 9.17) is 9.79 Å². The number of hydrogen-bond acceptors (Lipinski definition) is 4. The zero-order valence-electron chi connectivity index (χ0n) is 14.0. The predicted molar refractivity (Wildman–Crippen MR) is 95.4 cm³/mol. The van der Waals surface area contributed by atoms with Crippen molar-refractivity contribution in [3.05, 3.63) is 65.7 Å². The monoisotopic (exact) mass is 393 g/mol. The first-order valence-electron chi connectivity index (χ1n) is 7.99. The second-order valence-corrected chi connectivity index (χ2v) is 7.16. The average molecular weight is 393 g/mol. The minimum absolute atomic E-state index is 0.135. The standard InChI is InChI=1S/C17H17FN3O5P/c18-13-3-1-2-11(6-13)7-14(9-26-27(23,24)25)21-17(22)12-4-5-15-16(8-12)20-10-19-15/h1-6,8,10,14H,7,9H2,(H,19,20)(H,21,22)(H2,23,24,25)/t14-/m1/s1. The van der Waals surface area contributed by atoms with Crippen LogP contribution < -0.4 is 5.32 Å². The number of benzene rings is 2. The van der Waals surface area contributed by atoms with E-state index in [0.717, 1.165) is 0 Å². The zero-order valence-corrected chi connectivity index (χ0v) is 14.9. The van der Waals surface area contributed by atoms with Crippen molar-refractivity contribution in [3.63, 3.8) is 0 Å². The molecular weight excluding hydrogens is 376 g/mol. The van der Waals surface area contributed by atoms with Crippen molar-refractivity contribution in [1.29, 1.82) is 0 Å². The number of imidazole rings is 1. The molecule has 1 heterocycles. The highest BCUT2D eigenvalue weighted by molar-refractivity contribution is 7.46. The van der Waals surface area contributed by atoms with Crippen LogP contribution >= 0.6 is 7.82 Å². The molecular formula is C17H17FN3O5P. The van der Waals surface area contributed by atoms with Crippen LogP contribution in [0.4, 0.5) is 4.39 Å². The summed E-state index contributed by atoms with van der Waals surface area (Å²) in [5.74, 6) is -0.902. The van der Waals surface area contributed by atoms with E-state index in [1.54, 1.807) is 24.3 Å². The number of carbonyl (C=O) groups is 1. The number of fused-ring (bicyclic) bond motifs is 1. The maximum atomic E-state index is 13.4. The highest BCUT2D eigenvalue weighted by atomic mass is 31.2. The van der Waals surface area contributed by atoms with Crippen molar-refractivity contribution in [2.45, 2.75) is 12.5 Å². The zero-order chi connectivity index (χ0) is 19.4. The first kappa shape index (κ1) is 19.2. The highest BCUT2D eigenvalue weighted by Gasteiger charge is 2.21. The van der Waals surface area contributed by atoms with Crippen molar-refractivity contribution in [1.82, 2.24) is 15.3 Å². The first-order chi connectivity index (χ1) is 12.8. The van der Waals surface area contributed by atoms with Gasteiger partial charge in [0.1, 0.15) is 5.82 Å². The molecule has 0 aliphatic heterocycles. The van der Waals surface area contributed by atoms with Crippen molar-refractivity contribution in [2.75, 3.05) is 6.61 Å². The molecule has 3 aromatic rings. The number of phosphoric ester groups is 1. The van der Waals surface area contributed by atoms with Crippen molar-refractivity contribution >= 4 is 24.8 Å². The average Bonchev–Trinajstić information content (AvgIpc) is 3.06. The van der Waals surface area contributed by atoms with Gasteiger partial charge in [-0.25, -0.2) is 13.9 Å². The summed E-state index contributed by atoms with van der Waals surface area (Å²) in [6.45, 7) is -0.432. The topological polar surface area (TPSA) is 125 Å². The molecule has 1 amide bonds. The van der Waals surface area contributed by atoms with Gasteiger partial charge in [-0.2, -0.15) is 0 Å². The first-order valence-corrected chi connectivity index (χ1v) is 9.52. The van der Waals surface area contributed by atoms with Crippen LogP contribution in [-0.2, 0) is 15.5 Å². The number of rotatable bonds is 7. The summed E-state index contributed by atoms with van der Waals surface area (Å²) in [5.41, 5.74) is 2.27. The Bertz CT molecular complexity index is 1000. The number of carbonyl (C=O) groups excluding carboxylic acids is 1. The summed E-state index contributed by atoms with van der Waals surface area (Å²) < 4.78 is 28.9. The van der Waals surface area contributed by atoms with E-state index in [0.29, 0.717) is 22.2 Å². The Morgan fingerprint density at radius 3 is 2.85 bits per heavy atom. The molecule has 0 radical (unpaired) electrons. The summed E-state index contributed by atoms with van der Waals surface area (Å²) in [4.78, 5) is 37.4. The normalized spacial score (nSPS) is 12.9. The minimum atomic E-state index is -4.71. The van der Waals surface area contributed by atoms with Crippen LogP contribution in [0.3, 0.4) is 0 Å². The number of phosphoric acid groups is 1. The van der Waals surface area contributed by atoms with E-state index in [9.17, 15) is 13.8 Å². The summed E-state index contributed by atoms with van der Waals surface area (Å²) in [7, 11) is -4.71. The number of aromatic amines is 1. The molecule has 27 heavy (non-hydrogen) atoms. The molecule has 4 N–H and O–H groups in total. The third kappa shape index (κ3) is 5.45. The maximum absolute atomic E-state index is 13.4. The fourth-order valence-corrected chi connectivity index (χ4v) is 3.01. The minimum Gasteiger partial charge on any atom is -0.347 e. The summed E-state index contributed by atoms with van der Waals surface area (Å²) >= 11 is 0. The van der Waals surface area contributed by atoms with Crippen molar-refractivity contribution < 1.29 is 28.1 Å². The van der Waals surface area contributed by atoms with E-state index < -0.39 is 32.2 Å². The van der Waals surface area contributed by atoms with Gasteiger partial charge in [0.25, 0.3) is 5.91 Å². The molecule has 0 aliphatic carbocycles. The lowest BCUT2D eigenvalue weighted by Crippen LogP contribution is -2.39. The van der Waals surface area contributed by atoms with Crippen LogP contribution in [0.25, 0.3) is 11.0 Å². The predicted octanol–water partition coefficient (Wildman–Crippen LogP) is 2.15. The molecule has 10 heteroatoms. The van der Waals surface area contributed by atoms with Gasteiger partial charge in [0.2, 0.25) is 0 Å². The molecule has 0 spiro atoms. The summed E-state index contributed by atoms with van der Waals surface area (Å²) in [6, 6.07) is 9.83. The number of nitrogens with one attached hydrogen (secondary N) is 2. The van der Waals surface area contributed by atoms with Crippen LogP contribution in [0, 0.1) is 5.82 Å². The Balaban J connectivity index is 1.76. The largest absolute Gasteiger partial charge is 0.469 e. The van der Waals surface area contributed by atoms with Gasteiger partial charge < -0.3 is 20.1 Å². The van der Waals surface area contributed by atoms with E-state index in [1.807, 2.05) is 0 Å². The van der Waals surface area contributed by atoms with Crippen LogP contribution in [-0.4, -0.2) is 38.3 Å². The number of halogens is 1. The summed E-state index contributed by atoms with van der Waals surface area (Å²) in [6.07, 6.45) is 1.64. The van der Waals surface area contributed by atoms with E-state index in [2.05, 4.69) is 19.8 Å². The lowest BCUT2D eigenvalue weighted by Gasteiger charge is -2.19. The van der Waals surface area contributed by atoms with E-state index in [1.165, 1.54) is 24.5 Å². The van der Waals surface area contributed by atoms with Crippen molar-refractivity contribution in [3.8, 4) is 0 Å².